The highest BCUT2D eigenvalue weighted by atomic mass is 35.5. The number of benzene rings is 2. The van der Waals surface area contributed by atoms with Gasteiger partial charge < -0.3 is 9.15 Å². The minimum absolute atomic E-state index is 0.117. The van der Waals surface area contributed by atoms with Crippen molar-refractivity contribution in [1.82, 2.24) is 0 Å². The van der Waals surface area contributed by atoms with Crippen LogP contribution in [0.4, 0.5) is 5.69 Å². The molecular weight excluding hydrogens is 385 g/mol. The summed E-state index contributed by atoms with van der Waals surface area (Å²) in [5.41, 5.74) is -0.318. The van der Waals surface area contributed by atoms with E-state index in [0.717, 1.165) is 0 Å². The van der Waals surface area contributed by atoms with E-state index in [0.29, 0.717) is 10.9 Å². The van der Waals surface area contributed by atoms with E-state index in [-0.39, 0.29) is 32.6 Å². The average molecular weight is 394 g/mol. The first kappa shape index (κ1) is 17.9. The number of hydrogen-bond acceptors (Lipinski definition) is 6. The second-order valence-corrected chi connectivity index (χ2v) is 6.09. The van der Waals surface area contributed by atoms with Crippen LogP contribution in [0.2, 0.25) is 10.0 Å². The Morgan fingerprint density at radius 3 is 2.50 bits per heavy atom. The second-order valence-electron chi connectivity index (χ2n) is 5.27. The number of esters is 1. The summed E-state index contributed by atoms with van der Waals surface area (Å²) in [7, 11) is 0. The highest BCUT2D eigenvalue weighted by Gasteiger charge is 2.19. The molecule has 0 spiro atoms. The molecule has 7 nitrogen and oxygen atoms in total. The van der Waals surface area contributed by atoms with E-state index >= 15 is 0 Å². The molecule has 1 heterocycles. The Bertz CT molecular complexity index is 1120. The lowest BCUT2D eigenvalue weighted by Crippen LogP contribution is -2.02. The van der Waals surface area contributed by atoms with Gasteiger partial charge in [-0.25, -0.2) is 4.79 Å². The van der Waals surface area contributed by atoms with E-state index < -0.39 is 16.5 Å². The summed E-state index contributed by atoms with van der Waals surface area (Å²) >= 11 is 12.0. The average Bonchev–Trinajstić information content (AvgIpc) is 2.53. The molecule has 3 rings (SSSR count). The number of carbonyl (C=O) groups is 1. The predicted molar refractivity (Wildman–Crippen MR) is 95.9 cm³/mol. The topological polar surface area (TPSA) is 99.6 Å². The van der Waals surface area contributed by atoms with Crippen molar-refractivity contribution < 1.29 is 18.9 Å². The van der Waals surface area contributed by atoms with Crippen molar-refractivity contribution in [2.75, 3.05) is 0 Å². The molecule has 0 fully saturated rings. The first-order valence-electron chi connectivity index (χ1n) is 7.16. The van der Waals surface area contributed by atoms with Gasteiger partial charge in [0.25, 0.3) is 5.69 Å². The molecular formula is C17H9Cl2NO6. The summed E-state index contributed by atoms with van der Waals surface area (Å²) in [6.45, 7) is 1.24. The molecule has 0 N–H and O–H groups in total. The van der Waals surface area contributed by atoms with E-state index in [9.17, 15) is 19.7 Å². The van der Waals surface area contributed by atoms with E-state index in [2.05, 4.69) is 0 Å². The van der Waals surface area contributed by atoms with Crippen LogP contribution in [-0.4, -0.2) is 10.9 Å². The van der Waals surface area contributed by atoms with Gasteiger partial charge in [-0.15, -0.1) is 0 Å². The van der Waals surface area contributed by atoms with Crippen molar-refractivity contribution >= 4 is 45.8 Å². The van der Waals surface area contributed by atoms with Crippen LogP contribution in [0.25, 0.3) is 22.1 Å². The van der Waals surface area contributed by atoms with Crippen LogP contribution in [0, 0.1) is 10.1 Å². The zero-order valence-electron chi connectivity index (χ0n) is 13.1. The molecule has 2 aromatic carbocycles. The van der Waals surface area contributed by atoms with Crippen molar-refractivity contribution in [1.29, 1.82) is 0 Å². The van der Waals surface area contributed by atoms with Crippen molar-refractivity contribution in [3.63, 3.8) is 0 Å². The second kappa shape index (κ2) is 6.78. The third-order valence-corrected chi connectivity index (χ3v) is 4.12. The third-order valence-electron chi connectivity index (χ3n) is 3.50. The molecule has 0 aliphatic carbocycles. The van der Waals surface area contributed by atoms with Gasteiger partial charge in [-0.1, -0.05) is 23.2 Å². The highest BCUT2D eigenvalue weighted by molar-refractivity contribution is 6.37. The molecule has 26 heavy (non-hydrogen) atoms. The van der Waals surface area contributed by atoms with Gasteiger partial charge in [0.15, 0.2) is 0 Å². The molecule has 0 aliphatic rings. The number of rotatable bonds is 3. The number of hydrogen-bond donors (Lipinski definition) is 0. The van der Waals surface area contributed by atoms with Gasteiger partial charge in [0.05, 0.1) is 9.95 Å². The number of nitrogens with zero attached hydrogens (tertiary/aromatic N) is 1. The van der Waals surface area contributed by atoms with E-state index in [4.69, 9.17) is 32.4 Å². The van der Waals surface area contributed by atoms with Gasteiger partial charge in [-0.3, -0.25) is 14.9 Å². The monoisotopic (exact) mass is 393 g/mol. The summed E-state index contributed by atoms with van der Waals surface area (Å²) in [5.74, 6) is -0.335. The Kier molecular flexibility index (Phi) is 4.67. The molecule has 0 saturated carbocycles. The first-order chi connectivity index (χ1) is 12.3. The van der Waals surface area contributed by atoms with Crippen LogP contribution in [0.3, 0.4) is 0 Å². The Morgan fingerprint density at radius 1 is 1.12 bits per heavy atom. The zero-order valence-corrected chi connectivity index (χ0v) is 14.6. The van der Waals surface area contributed by atoms with Gasteiger partial charge >= 0.3 is 11.6 Å². The van der Waals surface area contributed by atoms with Gasteiger partial charge in [-0.2, -0.15) is 0 Å². The molecule has 0 aliphatic heterocycles. The maximum atomic E-state index is 11.9. The molecule has 9 heteroatoms. The Hall–Kier alpha value is -2.90. The van der Waals surface area contributed by atoms with Gasteiger partial charge in [0.2, 0.25) is 0 Å². The number of nitro groups is 1. The minimum atomic E-state index is -0.693. The van der Waals surface area contributed by atoms with E-state index in [1.54, 1.807) is 6.07 Å². The summed E-state index contributed by atoms with van der Waals surface area (Å²) < 4.78 is 10.1. The lowest BCUT2D eigenvalue weighted by molar-refractivity contribution is -0.384. The summed E-state index contributed by atoms with van der Waals surface area (Å²) in [5, 5.41) is 11.6. The summed E-state index contributed by atoms with van der Waals surface area (Å²) in [4.78, 5) is 33.5. The number of carbonyl (C=O) groups excluding carboxylic acids is 1. The lowest BCUT2D eigenvalue weighted by atomic mass is 10.0. The van der Waals surface area contributed by atoms with Gasteiger partial charge in [0.1, 0.15) is 16.4 Å². The molecule has 0 bridgehead atoms. The van der Waals surface area contributed by atoms with Crippen molar-refractivity contribution in [2.45, 2.75) is 6.92 Å². The molecule has 0 radical (unpaired) electrons. The number of nitro benzene ring substituents is 1. The maximum Gasteiger partial charge on any atom is 0.336 e. The summed E-state index contributed by atoms with van der Waals surface area (Å²) in [6.07, 6.45) is 0. The zero-order chi connectivity index (χ0) is 19.0. The van der Waals surface area contributed by atoms with Gasteiger partial charge in [0, 0.05) is 41.6 Å². The molecule has 0 saturated heterocycles. The molecule has 1 aromatic heterocycles. The third kappa shape index (κ3) is 3.40. The summed E-state index contributed by atoms with van der Waals surface area (Å²) in [6, 6.07) is 8.05. The molecule has 0 atom stereocenters. The molecule has 0 amide bonds. The van der Waals surface area contributed by atoms with Crippen LogP contribution in [-0.2, 0) is 4.79 Å². The number of ether oxygens (including phenoxy) is 1. The largest absolute Gasteiger partial charge is 0.427 e. The fraction of sp³-hybridized carbons (Fsp3) is 0.0588. The fourth-order valence-corrected chi connectivity index (χ4v) is 3.03. The van der Waals surface area contributed by atoms with Crippen LogP contribution >= 0.6 is 23.2 Å². The Balaban J connectivity index is 2.29. The van der Waals surface area contributed by atoms with Crippen LogP contribution in [0.5, 0.6) is 5.75 Å². The maximum absolute atomic E-state index is 11.9. The van der Waals surface area contributed by atoms with Crippen molar-refractivity contribution in [2.24, 2.45) is 0 Å². The van der Waals surface area contributed by atoms with E-state index in [1.807, 2.05) is 0 Å². The van der Waals surface area contributed by atoms with E-state index in [1.165, 1.54) is 37.3 Å². The normalized spacial score (nSPS) is 10.7. The smallest absolute Gasteiger partial charge is 0.336 e. The predicted octanol–water partition coefficient (Wildman–Crippen LogP) is 4.60. The van der Waals surface area contributed by atoms with Crippen LogP contribution in [0.15, 0.2) is 45.6 Å². The minimum Gasteiger partial charge on any atom is -0.427 e. The first-order valence-corrected chi connectivity index (χ1v) is 7.92. The lowest BCUT2D eigenvalue weighted by Gasteiger charge is -2.09. The Labute approximate surface area is 155 Å². The standard InChI is InChI=1S/C17H9Cl2NO6/c1-8(21)25-9-2-3-10-11(6-17(22)26-16(10)4-9)12-5-15(20(23)24)14(19)7-13(12)18/h2-7H,1H3. The van der Waals surface area contributed by atoms with Crippen molar-refractivity contribution in [3.8, 4) is 16.9 Å². The molecule has 0 unspecified atom stereocenters. The highest BCUT2D eigenvalue weighted by Crippen LogP contribution is 2.39. The quantitative estimate of drug-likeness (QED) is 0.212. The Morgan fingerprint density at radius 2 is 1.85 bits per heavy atom. The van der Waals surface area contributed by atoms with Gasteiger partial charge in [-0.05, 0) is 18.2 Å². The number of halogens is 2. The molecule has 3 aromatic rings. The fourth-order valence-electron chi connectivity index (χ4n) is 2.48. The molecule has 132 valence electrons. The van der Waals surface area contributed by atoms with Crippen LogP contribution in [0.1, 0.15) is 6.92 Å². The number of fused-ring (bicyclic) bond motifs is 1. The SMILES string of the molecule is CC(=O)Oc1ccc2c(-c3cc([N+](=O)[O-])c(Cl)cc3Cl)cc(=O)oc2c1. The van der Waals surface area contributed by atoms with Crippen molar-refractivity contribution in [3.05, 3.63) is 67.0 Å². The van der Waals surface area contributed by atoms with Crippen LogP contribution < -0.4 is 10.4 Å².